The van der Waals surface area contributed by atoms with Gasteiger partial charge in [0.15, 0.2) is 0 Å². The smallest absolute Gasteiger partial charge is 0.200 e. The van der Waals surface area contributed by atoms with Crippen LogP contribution in [0.3, 0.4) is 0 Å². The van der Waals surface area contributed by atoms with Gasteiger partial charge in [-0.15, -0.1) is 0 Å². The minimum absolute atomic E-state index is 0.201. The molecule has 0 saturated carbocycles. The third-order valence-corrected chi connectivity index (χ3v) is 4.16. The highest BCUT2D eigenvalue weighted by Gasteiger charge is 2.24. The van der Waals surface area contributed by atoms with E-state index in [2.05, 4.69) is 68.5 Å². The molecular weight excluding hydrogens is 308 g/mol. The van der Waals surface area contributed by atoms with Gasteiger partial charge >= 0.3 is 0 Å². The molecule has 1 aliphatic rings. The molecule has 25 heavy (non-hydrogen) atoms. The minimum atomic E-state index is -0.201. The fourth-order valence-electron chi connectivity index (χ4n) is 2.88. The van der Waals surface area contributed by atoms with Gasteiger partial charge in [0, 0.05) is 12.3 Å². The first-order valence-corrected chi connectivity index (χ1v) is 8.99. The van der Waals surface area contributed by atoms with E-state index in [0.717, 1.165) is 17.7 Å². The summed E-state index contributed by atoms with van der Waals surface area (Å²) in [4.78, 5) is 0. The normalized spacial score (nSPS) is 20.5. The lowest BCUT2D eigenvalue weighted by Gasteiger charge is -2.29. The zero-order valence-corrected chi connectivity index (χ0v) is 15.0. The number of ether oxygens (including phenoxy) is 2. The van der Waals surface area contributed by atoms with Gasteiger partial charge in [0.05, 0.1) is 6.61 Å². The van der Waals surface area contributed by atoms with E-state index in [1.54, 1.807) is 0 Å². The third kappa shape index (κ3) is 5.33. The Bertz CT molecular complexity index is 701. The van der Waals surface area contributed by atoms with E-state index < -0.39 is 0 Å². The molecule has 2 nitrogen and oxygen atoms in total. The average molecular weight is 334 g/mol. The summed E-state index contributed by atoms with van der Waals surface area (Å²) in [6.45, 7) is 5.02. The monoisotopic (exact) mass is 334 g/mol. The third-order valence-electron chi connectivity index (χ3n) is 4.16. The second kappa shape index (κ2) is 8.68. The molecule has 0 bridgehead atoms. The number of benzene rings is 2. The van der Waals surface area contributed by atoms with Crippen LogP contribution in [-0.4, -0.2) is 12.9 Å². The van der Waals surface area contributed by atoms with Crippen LogP contribution in [-0.2, 0) is 9.47 Å². The van der Waals surface area contributed by atoms with Crippen molar-refractivity contribution < 1.29 is 9.47 Å². The molecule has 0 spiro atoms. The zero-order valence-electron chi connectivity index (χ0n) is 15.0. The van der Waals surface area contributed by atoms with E-state index in [1.807, 2.05) is 24.3 Å². The molecule has 1 heterocycles. The van der Waals surface area contributed by atoms with E-state index in [0.29, 0.717) is 18.4 Å². The SMILES string of the molecule is CC(C)CO[C@@H]1C[C@H](c2ccccc2)C=C(/C=C/c2ccccc2)O1. The quantitative estimate of drug-likeness (QED) is 0.666. The molecule has 0 aliphatic carbocycles. The Labute approximate surface area is 150 Å². The second-order valence-electron chi connectivity index (χ2n) is 6.84. The van der Waals surface area contributed by atoms with Gasteiger partial charge in [-0.3, -0.25) is 0 Å². The Morgan fingerprint density at radius 1 is 1.00 bits per heavy atom. The maximum atomic E-state index is 6.06. The van der Waals surface area contributed by atoms with Gasteiger partial charge < -0.3 is 9.47 Å². The van der Waals surface area contributed by atoms with Crippen LogP contribution in [0, 0.1) is 5.92 Å². The molecule has 2 aromatic carbocycles. The van der Waals surface area contributed by atoms with Crippen LogP contribution in [0.2, 0.25) is 0 Å². The Hall–Kier alpha value is -2.32. The van der Waals surface area contributed by atoms with Crippen molar-refractivity contribution in [3.05, 3.63) is 89.7 Å². The first-order chi connectivity index (χ1) is 12.2. The van der Waals surface area contributed by atoms with Crippen LogP contribution in [0.1, 0.15) is 37.3 Å². The molecule has 0 amide bonds. The van der Waals surface area contributed by atoms with Gasteiger partial charge in [-0.2, -0.15) is 0 Å². The molecule has 1 aliphatic heterocycles. The van der Waals surface area contributed by atoms with Crippen molar-refractivity contribution in [2.75, 3.05) is 6.61 Å². The average Bonchev–Trinajstić information content (AvgIpc) is 2.66. The van der Waals surface area contributed by atoms with E-state index in [9.17, 15) is 0 Å². The van der Waals surface area contributed by atoms with Crippen LogP contribution < -0.4 is 0 Å². The van der Waals surface area contributed by atoms with Crippen molar-refractivity contribution >= 4 is 6.08 Å². The Morgan fingerprint density at radius 3 is 2.36 bits per heavy atom. The molecule has 0 N–H and O–H groups in total. The standard InChI is InChI=1S/C23H26O2/c1-18(2)17-24-23-16-21(20-11-7-4-8-12-20)15-22(25-23)14-13-19-9-5-3-6-10-19/h3-15,18,21,23H,16-17H2,1-2H3/b14-13+/t21-,23+/m1/s1. The molecule has 2 aromatic rings. The van der Waals surface area contributed by atoms with Crippen molar-refractivity contribution in [3.63, 3.8) is 0 Å². The Kier molecular flexibility index (Phi) is 6.08. The van der Waals surface area contributed by atoms with Crippen molar-refractivity contribution in [2.24, 2.45) is 5.92 Å². The second-order valence-corrected chi connectivity index (χ2v) is 6.84. The molecule has 2 atom stereocenters. The minimum Gasteiger partial charge on any atom is -0.465 e. The summed E-state index contributed by atoms with van der Waals surface area (Å²) in [5.41, 5.74) is 2.46. The summed E-state index contributed by atoms with van der Waals surface area (Å²) in [5.74, 6) is 1.67. The highest BCUT2D eigenvalue weighted by atomic mass is 16.7. The van der Waals surface area contributed by atoms with E-state index in [4.69, 9.17) is 9.47 Å². The highest BCUT2D eigenvalue weighted by molar-refractivity contribution is 5.52. The first-order valence-electron chi connectivity index (χ1n) is 8.99. The predicted molar refractivity (Wildman–Crippen MR) is 103 cm³/mol. The molecule has 0 saturated heterocycles. The Morgan fingerprint density at radius 2 is 1.68 bits per heavy atom. The number of allylic oxidation sites excluding steroid dienone is 2. The van der Waals surface area contributed by atoms with Gasteiger partial charge in [-0.05, 0) is 29.2 Å². The van der Waals surface area contributed by atoms with Gasteiger partial charge in [0.25, 0.3) is 0 Å². The predicted octanol–water partition coefficient (Wildman–Crippen LogP) is 5.79. The molecule has 2 heteroatoms. The number of hydrogen-bond acceptors (Lipinski definition) is 2. The van der Waals surface area contributed by atoms with Gasteiger partial charge in [-0.25, -0.2) is 0 Å². The lowest BCUT2D eigenvalue weighted by atomic mass is 9.93. The molecule has 3 rings (SSSR count). The number of hydrogen-bond donors (Lipinski definition) is 0. The maximum absolute atomic E-state index is 6.06. The summed E-state index contributed by atoms with van der Waals surface area (Å²) >= 11 is 0. The molecule has 0 unspecified atom stereocenters. The van der Waals surface area contributed by atoms with E-state index in [1.165, 1.54) is 5.56 Å². The fraction of sp³-hybridized carbons (Fsp3) is 0.304. The molecular formula is C23H26O2. The van der Waals surface area contributed by atoms with Crippen LogP contribution in [0.15, 0.2) is 78.6 Å². The zero-order chi connectivity index (χ0) is 17.5. The van der Waals surface area contributed by atoms with Crippen LogP contribution in [0.4, 0.5) is 0 Å². The molecule has 130 valence electrons. The van der Waals surface area contributed by atoms with Crippen LogP contribution in [0.25, 0.3) is 6.08 Å². The summed E-state index contributed by atoms with van der Waals surface area (Å²) in [6, 6.07) is 20.8. The van der Waals surface area contributed by atoms with Gasteiger partial charge in [0.2, 0.25) is 6.29 Å². The van der Waals surface area contributed by atoms with E-state index in [-0.39, 0.29) is 6.29 Å². The Balaban J connectivity index is 1.78. The van der Waals surface area contributed by atoms with Crippen molar-refractivity contribution in [2.45, 2.75) is 32.5 Å². The molecule has 0 aromatic heterocycles. The van der Waals surface area contributed by atoms with Crippen molar-refractivity contribution in [3.8, 4) is 0 Å². The summed E-state index contributed by atoms with van der Waals surface area (Å²) < 4.78 is 12.0. The highest BCUT2D eigenvalue weighted by Crippen LogP contribution is 2.32. The lowest BCUT2D eigenvalue weighted by molar-refractivity contribution is -0.131. The summed E-state index contributed by atoms with van der Waals surface area (Å²) in [7, 11) is 0. The fourth-order valence-corrected chi connectivity index (χ4v) is 2.88. The van der Waals surface area contributed by atoms with E-state index >= 15 is 0 Å². The van der Waals surface area contributed by atoms with Gasteiger partial charge in [0.1, 0.15) is 5.76 Å². The topological polar surface area (TPSA) is 18.5 Å². The van der Waals surface area contributed by atoms with Crippen LogP contribution in [0.5, 0.6) is 0 Å². The maximum Gasteiger partial charge on any atom is 0.200 e. The summed E-state index contributed by atoms with van der Waals surface area (Å²) in [5, 5.41) is 0. The molecule has 0 fully saturated rings. The summed E-state index contributed by atoms with van der Waals surface area (Å²) in [6.07, 6.45) is 6.96. The van der Waals surface area contributed by atoms with Gasteiger partial charge in [-0.1, -0.05) is 80.6 Å². The van der Waals surface area contributed by atoms with Crippen LogP contribution >= 0.6 is 0 Å². The number of rotatable bonds is 6. The van der Waals surface area contributed by atoms with Crippen molar-refractivity contribution in [1.29, 1.82) is 0 Å². The lowest BCUT2D eigenvalue weighted by Crippen LogP contribution is -2.25. The largest absolute Gasteiger partial charge is 0.465 e. The first kappa shape index (κ1) is 17.5. The molecule has 0 radical (unpaired) electrons. The van der Waals surface area contributed by atoms with Crippen molar-refractivity contribution in [1.82, 2.24) is 0 Å².